The van der Waals surface area contributed by atoms with Crippen molar-refractivity contribution in [2.24, 2.45) is 5.92 Å². The minimum atomic E-state index is -0.784. The largest absolute Gasteiger partial charge is 0.452 e. The third kappa shape index (κ3) is 3.28. The maximum Gasteiger partial charge on any atom is 0.303 e. The molecule has 5 nitrogen and oxygen atoms in total. The van der Waals surface area contributed by atoms with Crippen molar-refractivity contribution in [2.75, 3.05) is 6.54 Å². The number of rotatable bonds is 4. The summed E-state index contributed by atoms with van der Waals surface area (Å²) >= 11 is 0. The molecule has 0 aromatic heterocycles. The molecule has 0 aliphatic carbocycles. The van der Waals surface area contributed by atoms with Crippen LogP contribution in [0.1, 0.15) is 33.6 Å². The van der Waals surface area contributed by atoms with Crippen molar-refractivity contribution in [3.05, 3.63) is 0 Å². The standard InChI is InChI=1S/C12H19NO4/c1-8(2)11(17-9(3)15)12(16)13-6-4-5-10(13)7-14/h7-8,10-11H,4-6H2,1-3H3/t10-,11+/m0/s1. The second-order valence-corrected chi connectivity index (χ2v) is 4.65. The summed E-state index contributed by atoms with van der Waals surface area (Å²) in [5, 5.41) is 0. The molecule has 1 aliphatic rings. The van der Waals surface area contributed by atoms with Crippen molar-refractivity contribution in [3.63, 3.8) is 0 Å². The van der Waals surface area contributed by atoms with Gasteiger partial charge in [0.1, 0.15) is 6.29 Å². The molecular formula is C12H19NO4. The fourth-order valence-electron chi connectivity index (χ4n) is 2.02. The minimum Gasteiger partial charge on any atom is -0.452 e. The van der Waals surface area contributed by atoms with Crippen LogP contribution in [0.3, 0.4) is 0 Å². The first-order valence-corrected chi connectivity index (χ1v) is 5.90. The number of amides is 1. The summed E-state index contributed by atoms with van der Waals surface area (Å²) < 4.78 is 5.03. The Kier molecular flexibility index (Phi) is 4.66. The molecule has 17 heavy (non-hydrogen) atoms. The van der Waals surface area contributed by atoms with Gasteiger partial charge in [-0.2, -0.15) is 0 Å². The molecule has 1 saturated heterocycles. The molecule has 0 unspecified atom stereocenters. The lowest BCUT2D eigenvalue weighted by Gasteiger charge is -2.27. The highest BCUT2D eigenvalue weighted by atomic mass is 16.5. The quantitative estimate of drug-likeness (QED) is 0.538. The van der Waals surface area contributed by atoms with E-state index in [9.17, 15) is 14.4 Å². The van der Waals surface area contributed by atoms with E-state index in [-0.39, 0.29) is 17.9 Å². The first-order chi connectivity index (χ1) is 7.97. The summed E-state index contributed by atoms with van der Waals surface area (Å²) in [5.41, 5.74) is 0. The number of likely N-dealkylation sites (tertiary alicyclic amines) is 1. The molecule has 0 saturated carbocycles. The Hall–Kier alpha value is -1.39. The van der Waals surface area contributed by atoms with Crippen LogP contribution < -0.4 is 0 Å². The average Bonchev–Trinajstić information content (AvgIpc) is 2.72. The Morgan fingerprint density at radius 3 is 2.53 bits per heavy atom. The summed E-state index contributed by atoms with van der Waals surface area (Å²) in [6.45, 7) is 5.48. The van der Waals surface area contributed by atoms with E-state index in [2.05, 4.69) is 0 Å². The summed E-state index contributed by atoms with van der Waals surface area (Å²) in [4.78, 5) is 35.5. The van der Waals surface area contributed by atoms with Crippen LogP contribution in [0, 0.1) is 5.92 Å². The molecule has 1 amide bonds. The van der Waals surface area contributed by atoms with Gasteiger partial charge in [-0.25, -0.2) is 0 Å². The Balaban J connectivity index is 2.76. The average molecular weight is 241 g/mol. The van der Waals surface area contributed by atoms with E-state index in [4.69, 9.17) is 4.74 Å². The number of hydrogen-bond donors (Lipinski definition) is 0. The van der Waals surface area contributed by atoms with Gasteiger partial charge in [0.25, 0.3) is 5.91 Å². The van der Waals surface area contributed by atoms with E-state index < -0.39 is 12.1 Å². The van der Waals surface area contributed by atoms with Gasteiger partial charge < -0.3 is 14.4 Å². The number of ether oxygens (including phenoxy) is 1. The molecule has 1 fully saturated rings. The molecule has 1 aliphatic heterocycles. The number of hydrogen-bond acceptors (Lipinski definition) is 4. The molecule has 0 radical (unpaired) electrons. The molecule has 2 atom stereocenters. The van der Waals surface area contributed by atoms with Gasteiger partial charge in [0.05, 0.1) is 6.04 Å². The predicted molar refractivity (Wildman–Crippen MR) is 61.2 cm³/mol. The van der Waals surface area contributed by atoms with E-state index in [1.54, 1.807) is 0 Å². The number of carbonyl (C=O) groups is 3. The van der Waals surface area contributed by atoms with Crippen LogP contribution in [0.25, 0.3) is 0 Å². The Morgan fingerprint density at radius 2 is 2.06 bits per heavy atom. The molecule has 96 valence electrons. The molecule has 0 N–H and O–H groups in total. The Bertz CT molecular complexity index is 314. The molecule has 1 rings (SSSR count). The fraction of sp³-hybridized carbons (Fsp3) is 0.750. The van der Waals surface area contributed by atoms with Gasteiger partial charge in [-0.05, 0) is 18.8 Å². The van der Waals surface area contributed by atoms with Gasteiger partial charge in [0.2, 0.25) is 0 Å². The molecular weight excluding hydrogens is 222 g/mol. The highest BCUT2D eigenvalue weighted by Crippen LogP contribution is 2.20. The number of carbonyl (C=O) groups excluding carboxylic acids is 3. The zero-order valence-corrected chi connectivity index (χ0v) is 10.5. The van der Waals surface area contributed by atoms with Crippen LogP contribution >= 0.6 is 0 Å². The van der Waals surface area contributed by atoms with Crippen LogP contribution in [-0.4, -0.2) is 41.8 Å². The van der Waals surface area contributed by atoms with Gasteiger partial charge in [-0.15, -0.1) is 0 Å². The van der Waals surface area contributed by atoms with Crippen molar-refractivity contribution in [2.45, 2.75) is 45.8 Å². The molecule has 1 heterocycles. The SMILES string of the molecule is CC(=O)O[C@@H](C(=O)N1CCC[C@H]1C=O)C(C)C. The third-order valence-electron chi connectivity index (χ3n) is 2.88. The molecule has 0 bridgehead atoms. The van der Waals surface area contributed by atoms with E-state index in [0.717, 1.165) is 12.7 Å². The number of aldehydes is 1. The topological polar surface area (TPSA) is 63.7 Å². The van der Waals surface area contributed by atoms with Gasteiger partial charge >= 0.3 is 5.97 Å². The van der Waals surface area contributed by atoms with Crippen molar-refractivity contribution in [3.8, 4) is 0 Å². The molecule has 5 heteroatoms. The summed E-state index contributed by atoms with van der Waals surface area (Å²) in [6.07, 6.45) is 1.52. The zero-order valence-electron chi connectivity index (χ0n) is 10.5. The normalized spacial score (nSPS) is 21.4. The van der Waals surface area contributed by atoms with Crippen LogP contribution in [0.2, 0.25) is 0 Å². The monoisotopic (exact) mass is 241 g/mol. The summed E-state index contributed by atoms with van der Waals surface area (Å²) in [7, 11) is 0. The molecule has 0 aromatic rings. The smallest absolute Gasteiger partial charge is 0.303 e. The van der Waals surface area contributed by atoms with Gasteiger partial charge in [-0.1, -0.05) is 13.8 Å². The van der Waals surface area contributed by atoms with Crippen LogP contribution in [0.5, 0.6) is 0 Å². The minimum absolute atomic E-state index is 0.0979. The Labute approximate surface area is 101 Å². The molecule has 0 aromatic carbocycles. The second kappa shape index (κ2) is 5.80. The van der Waals surface area contributed by atoms with E-state index in [1.807, 2.05) is 13.8 Å². The first kappa shape index (κ1) is 13.7. The molecule has 0 spiro atoms. The van der Waals surface area contributed by atoms with Crippen molar-refractivity contribution < 1.29 is 19.1 Å². The lowest BCUT2D eigenvalue weighted by atomic mass is 10.1. The van der Waals surface area contributed by atoms with Gasteiger partial charge in [-0.3, -0.25) is 9.59 Å². The van der Waals surface area contributed by atoms with Crippen molar-refractivity contribution >= 4 is 18.2 Å². The van der Waals surface area contributed by atoms with Crippen molar-refractivity contribution in [1.82, 2.24) is 4.90 Å². The third-order valence-corrected chi connectivity index (χ3v) is 2.88. The highest BCUT2D eigenvalue weighted by Gasteiger charge is 2.35. The highest BCUT2D eigenvalue weighted by molar-refractivity contribution is 5.86. The lowest BCUT2D eigenvalue weighted by molar-refractivity contribution is -0.162. The maximum absolute atomic E-state index is 12.2. The van der Waals surface area contributed by atoms with Gasteiger partial charge in [0, 0.05) is 13.5 Å². The summed E-state index contributed by atoms with van der Waals surface area (Å²) in [5.74, 6) is -0.831. The van der Waals surface area contributed by atoms with Crippen LogP contribution in [0.15, 0.2) is 0 Å². The second-order valence-electron chi connectivity index (χ2n) is 4.65. The van der Waals surface area contributed by atoms with Crippen LogP contribution in [-0.2, 0) is 19.1 Å². The number of nitrogens with zero attached hydrogens (tertiary/aromatic N) is 1. The van der Waals surface area contributed by atoms with Crippen molar-refractivity contribution in [1.29, 1.82) is 0 Å². The van der Waals surface area contributed by atoms with Crippen LogP contribution in [0.4, 0.5) is 0 Å². The van der Waals surface area contributed by atoms with Gasteiger partial charge in [0.15, 0.2) is 6.10 Å². The van der Waals surface area contributed by atoms with E-state index >= 15 is 0 Å². The zero-order chi connectivity index (χ0) is 13.0. The first-order valence-electron chi connectivity index (χ1n) is 5.90. The summed E-state index contributed by atoms with van der Waals surface area (Å²) in [6, 6.07) is -0.362. The lowest BCUT2D eigenvalue weighted by Crippen LogP contribution is -2.46. The number of esters is 1. The van der Waals surface area contributed by atoms with E-state index in [0.29, 0.717) is 13.0 Å². The van der Waals surface area contributed by atoms with E-state index in [1.165, 1.54) is 11.8 Å². The Morgan fingerprint density at radius 1 is 1.41 bits per heavy atom. The fourth-order valence-corrected chi connectivity index (χ4v) is 2.02. The predicted octanol–water partition coefficient (Wildman–Crippen LogP) is 0.764. The maximum atomic E-state index is 12.2.